The van der Waals surface area contributed by atoms with E-state index in [1.54, 1.807) is 25.1 Å². The molecule has 35 heavy (non-hydrogen) atoms. The normalized spacial score (nSPS) is 12.7. The van der Waals surface area contributed by atoms with E-state index in [4.69, 9.17) is 11.6 Å². The van der Waals surface area contributed by atoms with Crippen molar-refractivity contribution in [2.24, 2.45) is 0 Å². The molecule has 0 heterocycles. The average Bonchev–Trinajstić information content (AvgIpc) is 2.72. The molecule has 192 valence electrons. The van der Waals surface area contributed by atoms with Crippen LogP contribution in [0.15, 0.2) is 42.5 Å². The standard InChI is InChI=1S/C26H36ClN3O4S/c1-8-22(25(32)28-26(4,5)6)29(16-20-12-9-11-18(2)15-20)24(31)17-30(35(7,33)34)23-14-10-13-21(27)19(23)3/h9-15,22H,8,16-17H2,1-7H3,(H,28,32)/t22-/m1/s1. The lowest BCUT2D eigenvalue weighted by molar-refractivity contribution is -0.141. The van der Waals surface area contributed by atoms with Crippen molar-refractivity contribution >= 4 is 39.1 Å². The summed E-state index contributed by atoms with van der Waals surface area (Å²) in [6.07, 6.45) is 1.42. The number of carbonyl (C=O) groups is 2. The van der Waals surface area contributed by atoms with Crippen LogP contribution in [0, 0.1) is 13.8 Å². The van der Waals surface area contributed by atoms with Crippen molar-refractivity contribution in [3.05, 3.63) is 64.2 Å². The molecule has 9 heteroatoms. The number of rotatable bonds is 9. The number of carbonyl (C=O) groups excluding carboxylic acids is 2. The maximum absolute atomic E-state index is 13.7. The van der Waals surface area contributed by atoms with Gasteiger partial charge in [0.15, 0.2) is 0 Å². The zero-order valence-electron chi connectivity index (χ0n) is 21.6. The van der Waals surface area contributed by atoms with Gasteiger partial charge in [-0.15, -0.1) is 0 Å². The van der Waals surface area contributed by atoms with Crippen molar-refractivity contribution in [3.63, 3.8) is 0 Å². The number of nitrogens with zero attached hydrogens (tertiary/aromatic N) is 2. The van der Waals surface area contributed by atoms with Crippen LogP contribution in [0.3, 0.4) is 0 Å². The molecular weight excluding hydrogens is 486 g/mol. The highest BCUT2D eigenvalue weighted by atomic mass is 35.5. The predicted octanol–water partition coefficient (Wildman–Crippen LogP) is 4.44. The van der Waals surface area contributed by atoms with Crippen LogP contribution in [-0.4, -0.2) is 49.5 Å². The first-order chi connectivity index (χ1) is 16.1. The quantitative estimate of drug-likeness (QED) is 0.528. The van der Waals surface area contributed by atoms with Crippen LogP contribution in [0.4, 0.5) is 5.69 Å². The number of anilines is 1. The monoisotopic (exact) mass is 521 g/mol. The third kappa shape index (κ3) is 7.97. The van der Waals surface area contributed by atoms with E-state index < -0.39 is 34.1 Å². The van der Waals surface area contributed by atoms with E-state index >= 15 is 0 Å². The Morgan fingerprint density at radius 3 is 2.26 bits per heavy atom. The first-order valence-corrected chi connectivity index (χ1v) is 13.8. The Balaban J connectivity index is 2.51. The number of benzene rings is 2. The molecule has 0 fully saturated rings. The predicted molar refractivity (Wildman–Crippen MR) is 142 cm³/mol. The molecule has 0 saturated carbocycles. The number of halogens is 1. The summed E-state index contributed by atoms with van der Waals surface area (Å²) in [4.78, 5) is 28.4. The smallest absolute Gasteiger partial charge is 0.244 e. The Morgan fingerprint density at radius 1 is 1.09 bits per heavy atom. The summed E-state index contributed by atoms with van der Waals surface area (Å²) >= 11 is 6.24. The summed E-state index contributed by atoms with van der Waals surface area (Å²) in [7, 11) is -3.82. The highest BCUT2D eigenvalue weighted by molar-refractivity contribution is 7.92. The fourth-order valence-electron chi connectivity index (χ4n) is 3.84. The third-order valence-electron chi connectivity index (χ3n) is 5.51. The molecule has 1 N–H and O–H groups in total. The number of hydrogen-bond acceptors (Lipinski definition) is 4. The molecule has 1 atom stereocenters. The SMILES string of the molecule is CC[C@H](C(=O)NC(C)(C)C)N(Cc1cccc(C)c1)C(=O)CN(c1cccc(Cl)c1C)S(C)(=O)=O. The largest absolute Gasteiger partial charge is 0.350 e. The second kappa shape index (κ2) is 11.4. The van der Waals surface area contributed by atoms with E-state index in [2.05, 4.69) is 5.32 Å². The van der Waals surface area contributed by atoms with Gasteiger partial charge in [0, 0.05) is 17.1 Å². The zero-order valence-corrected chi connectivity index (χ0v) is 23.1. The summed E-state index contributed by atoms with van der Waals surface area (Å²) < 4.78 is 26.6. The van der Waals surface area contributed by atoms with Gasteiger partial charge >= 0.3 is 0 Å². The van der Waals surface area contributed by atoms with E-state index in [9.17, 15) is 18.0 Å². The molecule has 2 amide bonds. The van der Waals surface area contributed by atoms with Gasteiger partial charge in [0.25, 0.3) is 0 Å². The molecule has 0 saturated heterocycles. The van der Waals surface area contributed by atoms with Gasteiger partial charge in [0.05, 0.1) is 11.9 Å². The summed E-state index contributed by atoms with van der Waals surface area (Å²) in [5.41, 5.74) is 2.27. The lowest BCUT2D eigenvalue weighted by Crippen LogP contribution is -2.55. The van der Waals surface area contributed by atoms with Crippen LogP contribution in [0.1, 0.15) is 50.8 Å². The van der Waals surface area contributed by atoms with Gasteiger partial charge in [-0.25, -0.2) is 8.42 Å². The van der Waals surface area contributed by atoms with Gasteiger partial charge in [-0.2, -0.15) is 0 Å². The average molecular weight is 522 g/mol. The van der Waals surface area contributed by atoms with Gasteiger partial charge in [-0.3, -0.25) is 13.9 Å². The third-order valence-corrected chi connectivity index (χ3v) is 7.04. The van der Waals surface area contributed by atoms with Gasteiger partial charge in [0.2, 0.25) is 21.8 Å². The van der Waals surface area contributed by atoms with Crippen LogP contribution in [-0.2, 0) is 26.2 Å². The van der Waals surface area contributed by atoms with E-state index in [0.717, 1.165) is 21.7 Å². The van der Waals surface area contributed by atoms with Crippen molar-refractivity contribution in [1.29, 1.82) is 0 Å². The summed E-state index contributed by atoms with van der Waals surface area (Å²) in [5.74, 6) is -0.766. The fraction of sp³-hybridized carbons (Fsp3) is 0.462. The Morgan fingerprint density at radius 2 is 1.71 bits per heavy atom. The Bertz CT molecular complexity index is 1180. The topological polar surface area (TPSA) is 86.8 Å². The van der Waals surface area contributed by atoms with Crippen LogP contribution in [0.5, 0.6) is 0 Å². The van der Waals surface area contributed by atoms with E-state index in [1.165, 1.54) is 4.90 Å². The van der Waals surface area contributed by atoms with Gasteiger partial charge in [0.1, 0.15) is 12.6 Å². The molecule has 0 aromatic heterocycles. The highest BCUT2D eigenvalue weighted by Crippen LogP contribution is 2.28. The minimum absolute atomic E-state index is 0.169. The van der Waals surface area contributed by atoms with E-state index in [0.29, 0.717) is 22.7 Å². The number of hydrogen-bond donors (Lipinski definition) is 1. The zero-order chi connectivity index (χ0) is 26.6. The number of aryl methyl sites for hydroxylation is 1. The molecule has 0 aliphatic heterocycles. The molecule has 0 spiro atoms. The fourth-order valence-corrected chi connectivity index (χ4v) is 4.91. The van der Waals surface area contributed by atoms with Gasteiger partial charge in [-0.1, -0.05) is 54.4 Å². The summed E-state index contributed by atoms with van der Waals surface area (Å²) in [6, 6.07) is 11.8. The highest BCUT2D eigenvalue weighted by Gasteiger charge is 2.33. The first kappa shape index (κ1) is 28.7. The lowest BCUT2D eigenvalue weighted by Gasteiger charge is -2.34. The first-order valence-electron chi connectivity index (χ1n) is 11.5. The molecule has 0 radical (unpaired) electrons. The molecule has 0 aliphatic rings. The Labute approximate surface area is 214 Å². The van der Waals surface area contributed by atoms with Crippen molar-refractivity contribution < 1.29 is 18.0 Å². The second-order valence-electron chi connectivity index (χ2n) is 9.83. The second-order valence-corrected chi connectivity index (χ2v) is 12.1. The summed E-state index contributed by atoms with van der Waals surface area (Å²) in [6.45, 7) is 10.8. The molecular formula is C26H36ClN3O4S. The van der Waals surface area contributed by atoms with Crippen LogP contribution in [0.25, 0.3) is 0 Å². The maximum atomic E-state index is 13.7. The summed E-state index contributed by atoms with van der Waals surface area (Å²) in [5, 5.41) is 3.35. The minimum Gasteiger partial charge on any atom is -0.350 e. The van der Waals surface area contributed by atoms with Crippen molar-refractivity contribution in [2.75, 3.05) is 17.1 Å². The van der Waals surface area contributed by atoms with Crippen molar-refractivity contribution in [3.8, 4) is 0 Å². The van der Waals surface area contributed by atoms with Crippen LogP contribution in [0.2, 0.25) is 5.02 Å². The molecule has 0 unspecified atom stereocenters. The molecule has 2 aromatic carbocycles. The Hall–Kier alpha value is -2.58. The number of amides is 2. The Kier molecular flexibility index (Phi) is 9.36. The van der Waals surface area contributed by atoms with Crippen molar-refractivity contribution in [1.82, 2.24) is 10.2 Å². The van der Waals surface area contributed by atoms with Crippen molar-refractivity contribution in [2.45, 2.75) is 66.1 Å². The molecule has 2 rings (SSSR count). The molecule has 7 nitrogen and oxygen atoms in total. The van der Waals surface area contributed by atoms with E-state index in [-0.39, 0.29) is 12.5 Å². The molecule has 0 bridgehead atoms. The minimum atomic E-state index is -3.82. The van der Waals surface area contributed by atoms with Crippen LogP contribution >= 0.6 is 11.6 Å². The van der Waals surface area contributed by atoms with Gasteiger partial charge in [-0.05, 0) is 64.3 Å². The molecule has 0 aliphatic carbocycles. The number of sulfonamides is 1. The molecule has 2 aromatic rings. The maximum Gasteiger partial charge on any atom is 0.244 e. The lowest BCUT2D eigenvalue weighted by atomic mass is 10.0. The van der Waals surface area contributed by atoms with E-state index in [1.807, 2.05) is 58.9 Å². The van der Waals surface area contributed by atoms with Crippen LogP contribution < -0.4 is 9.62 Å². The van der Waals surface area contributed by atoms with Gasteiger partial charge < -0.3 is 10.2 Å². The number of nitrogens with one attached hydrogen (secondary N) is 1.